The molecule has 0 aliphatic heterocycles. The number of carbonyl (C=O) groups excluding carboxylic acids is 2. The van der Waals surface area contributed by atoms with E-state index in [1.165, 1.54) is 49.2 Å². The van der Waals surface area contributed by atoms with Crippen LogP contribution in [0.4, 0.5) is 13.2 Å². The number of rotatable bonds is 7. The Bertz CT molecular complexity index is 1250. The number of nitrogens with zero attached hydrogens (tertiary/aromatic N) is 3. The van der Waals surface area contributed by atoms with Gasteiger partial charge in [0.15, 0.2) is 0 Å². The first-order valence-corrected chi connectivity index (χ1v) is 10.8. The monoisotopic (exact) mass is 505 g/mol. The normalized spacial score (nSPS) is 15.1. The third-order valence-corrected chi connectivity index (χ3v) is 5.69. The van der Waals surface area contributed by atoms with E-state index < -0.39 is 35.1 Å². The minimum absolute atomic E-state index is 0.00461. The maximum Gasteiger partial charge on any atom is 0.419 e. The molecule has 2 N–H and O–H groups in total. The summed E-state index contributed by atoms with van der Waals surface area (Å²) in [5.41, 5.74) is -1.47. The fourth-order valence-electron chi connectivity index (χ4n) is 3.36. The first kappa shape index (κ1) is 24.4. The molecule has 2 aromatic heterocycles. The molecule has 1 saturated carbocycles. The summed E-state index contributed by atoms with van der Waals surface area (Å²) in [6.07, 6.45) is 1.53. The van der Waals surface area contributed by atoms with Gasteiger partial charge in [0.05, 0.1) is 34.1 Å². The Hall–Kier alpha value is -3.73. The third-order valence-electron chi connectivity index (χ3n) is 5.38. The maximum atomic E-state index is 13.2. The molecule has 0 radical (unpaired) electrons. The molecule has 1 aliphatic carbocycles. The molecule has 3 aromatic rings. The molecule has 1 unspecified atom stereocenters. The van der Waals surface area contributed by atoms with Gasteiger partial charge in [-0.15, -0.1) is 0 Å². The Morgan fingerprint density at radius 3 is 2.46 bits per heavy atom. The molecule has 1 aliphatic rings. The van der Waals surface area contributed by atoms with Crippen LogP contribution in [0, 0.1) is 0 Å². The van der Waals surface area contributed by atoms with Gasteiger partial charge in [0.2, 0.25) is 5.91 Å². The first-order chi connectivity index (χ1) is 16.6. The number of hydrogen-bond donors (Lipinski definition) is 2. The Morgan fingerprint density at radius 2 is 1.83 bits per heavy atom. The lowest BCUT2D eigenvalue weighted by molar-refractivity contribution is -0.138. The lowest BCUT2D eigenvalue weighted by Crippen LogP contribution is -2.49. The van der Waals surface area contributed by atoms with Crippen molar-refractivity contribution in [2.24, 2.45) is 0 Å². The molecule has 1 aromatic carbocycles. The fraction of sp³-hybridized carbons (Fsp3) is 0.261. The highest BCUT2D eigenvalue weighted by Gasteiger charge is 2.51. The number of amides is 2. The van der Waals surface area contributed by atoms with E-state index in [4.69, 9.17) is 16.3 Å². The Labute approximate surface area is 202 Å². The number of carbonyl (C=O) groups is 2. The highest BCUT2D eigenvalue weighted by Crippen LogP contribution is 2.39. The first-order valence-electron chi connectivity index (χ1n) is 10.5. The van der Waals surface area contributed by atoms with E-state index in [1.807, 2.05) is 0 Å². The molecule has 0 saturated heterocycles. The largest absolute Gasteiger partial charge is 0.455 e. The smallest absolute Gasteiger partial charge is 0.419 e. The van der Waals surface area contributed by atoms with Crippen molar-refractivity contribution in [1.29, 1.82) is 0 Å². The number of hydrogen-bond acceptors (Lipinski definition) is 6. The number of halogens is 4. The average Bonchev–Trinajstić information content (AvgIpc) is 3.60. The lowest BCUT2D eigenvalue weighted by atomic mass is 10.1. The quantitative estimate of drug-likeness (QED) is 0.490. The van der Waals surface area contributed by atoms with Crippen molar-refractivity contribution in [1.82, 2.24) is 25.6 Å². The molecule has 4 rings (SSSR count). The van der Waals surface area contributed by atoms with Crippen LogP contribution < -0.4 is 15.4 Å². The molecule has 182 valence electrons. The third kappa shape index (κ3) is 5.51. The van der Waals surface area contributed by atoms with Gasteiger partial charge in [0, 0.05) is 18.5 Å². The van der Waals surface area contributed by atoms with Crippen molar-refractivity contribution >= 4 is 23.4 Å². The van der Waals surface area contributed by atoms with E-state index in [0.29, 0.717) is 12.8 Å². The van der Waals surface area contributed by atoms with Crippen LogP contribution in [-0.4, -0.2) is 32.3 Å². The number of aromatic nitrogens is 3. The zero-order chi connectivity index (χ0) is 25.2. The maximum absolute atomic E-state index is 13.2. The van der Waals surface area contributed by atoms with E-state index in [0.717, 1.165) is 6.07 Å². The summed E-state index contributed by atoms with van der Waals surface area (Å²) in [4.78, 5) is 37.0. The van der Waals surface area contributed by atoms with Gasteiger partial charge in [-0.25, -0.2) is 9.97 Å². The van der Waals surface area contributed by atoms with Crippen LogP contribution in [0.25, 0.3) is 0 Å². The molecule has 0 spiro atoms. The molecule has 2 heterocycles. The van der Waals surface area contributed by atoms with Crippen LogP contribution in [0.1, 0.15) is 47.4 Å². The zero-order valence-electron chi connectivity index (χ0n) is 18.3. The molecule has 2 amide bonds. The van der Waals surface area contributed by atoms with Crippen molar-refractivity contribution in [3.8, 4) is 11.5 Å². The Kier molecular flexibility index (Phi) is 6.62. The van der Waals surface area contributed by atoms with Gasteiger partial charge in [-0.1, -0.05) is 23.7 Å². The number of benzene rings is 1. The Morgan fingerprint density at radius 1 is 1.14 bits per heavy atom. The standard InChI is InChI=1S/C23H19ClF3N5O3/c1-13(31-21(34)22(6-7-22)32-20(33)14-9-28-12-29-10-14)19-17(24)8-15(11-30-19)35-18-5-3-2-4-16(18)23(25,26)27/h2-5,8-13H,6-7H2,1H3,(H,31,34)(H,32,33). The summed E-state index contributed by atoms with van der Waals surface area (Å²) in [7, 11) is 0. The minimum atomic E-state index is -4.59. The predicted molar refractivity (Wildman–Crippen MR) is 119 cm³/mol. The molecule has 0 bridgehead atoms. The van der Waals surface area contributed by atoms with Gasteiger partial charge in [0.25, 0.3) is 5.91 Å². The topological polar surface area (TPSA) is 106 Å². The SMILES string of the molecule is CC(NC(=O)C1(NC(=O)c2cncnc2)CC1)c1ncc(Oc2ccccc2C(F)(F)F)cc1Cl. The number of alkyl halides is 3. The van der Waals surface area contributed by atoms with Gasteiger partial charge < -0.3 is 15.4 Å². The second kappa shape index (κ2) is 9.49. The van der Waals surface area contributed by atoms with Gasteiger partial charge in [-0.3, -0.25) is 14.6 Å². The minimum Gasteiger partial charge on any atom is -0.455 e. The van der Waals surface area contributed by atoms with Crippen molar-refractivity contribution in [2.45, 2.75) is 37.5 Å². The van der Waals surface area contributed by atoms with Gasteiger partial charge >= 0.3 is 6.18 Å². The summed E-state index contributed by atoms with van der Waals surface area (Å²) >= 11 is 6.30. The van der Waals surface area contributed by atoms with Crippen LogP contribution in [0.15, 0.2) is 55.2 Å². The van der Waals surface area contributed by atoms with Crippen LogP contribution in [-0.2, 0) is 11.0 Å². The average molecular weight is 506 g/mol. The van der Waals surface area contributed by atoms with Gasteiger partial charge in [-0.05, 0) is 31.9 Å². The highest BCUT2D eigenvalue weighted by atomic mass is 35.5. The lowest BCUT2D eigenvalue weighted by Gasteiger charge is -2.21. The number of para-hydroxylation sites is 1. The van der Waals surface area contributed by atoms with Gasteiger partial charge in [-0.2, -0.15) is 13.2 Å². The summed E-state index contributed by atoms with van der Waals surface area (Å²) in [6.45, 7) is 1.65. The molecule has 35 heavy (non-hydrogen) atoms. The number of pyridine rings is 1. The zero-order valence-corrected chi connectivity index (χ0v) is 19.0. The fourth-order valence-corrected chi connectivity index (χ4v) is 3.68. The van der Waals surface area contributed by atoms with E-state index in [-0.39, 0.29) is 27.8 Å². The number of nitrogens with one attached hydrogen (secondary N) is 2. The van der Waals surface area contributed by atoms with Crippen molar-refractivity contribution in [3.63, 3.8) is 0 Å². The van der Waals surface area contributed by atoms with E-state index >= 15 is 0 Å². The van der Waals surface area contributed by atoms with E-state index in [1.54, 1.807) is 6.92 Å². The predicted octanol–water partition coefficient (Wildman–Crippen LogP) is 4.48. The van der Waals surface area contributed by atoms with Crippen LogP contribution in [0.2, 0.25) is 5.02 Å². The summed E-state index contributed by atoms with van der Waals surface area (Å²) < 4.78 is 45.0. The van der Waals surface area contributed by atoms with Crippen molar-refractivity contribution in [3.05, 3.63) is 77.1 Å². The molecule has 1 fully saturated rings. The van der Waals surface area contributed by atoms with E-state index in [2.05, 4.69) is 25.6 Å². The molecule has 12 heteroatoms. The highest BCUT2D eigenvalue weighted by molar-refractivity contribution is 6.31. The molecular formula is C23H19ClF3N5O3. The van der Waals surface area contributed by atoms with Crippen molar-refractivity contribution in [2.75, 3.05) is 0 Å². The molecule has 8 nitrogen and oxygen atoms in total. The summed E-state index contributed by atoms with van der Waals surface area (Å²) in [5.74, 6) is -1.26. The molecular weight excluding hydrogens is 487 g/mol. The van der Waals surface area contributed by atoms with Crippen LogP contribution in [0.5, 0.6) is 11.5 Å². The van der Waals surface area contributed by atoms with Gasteiger partial charge in [0.1, 0.15) is 23.4 Å². The number of ether oxygens (including phenoxy) is 1. The van der Waals surface area contributed by atoms with E-state index in [9.17, 15) is 22.8 Å². The summed E-state index contributed by atoms with van der Waals surface area (Å²) in [5, 5.41) is 5.58. The van der Waals surface area contributed by atoms with Crippen molar-refractivity contribution < 1.29 is 27.5 Å². The summed E-state index contributed by atoms with van der Waals surface area (Å²) in [6, 6.07) is 5.46. The Balaban J connectivity index is 1.43. The van der Waals surface area contributed by atoms with Crippen LogP contribution in [0.3, 0.4) is 0 Å². The van der Waals surface area contributed by atoms with Crippen LogP contribution >= 0.6 is 11.6 Å². The second-order valence-electron chi connectivity index (χ2n) is 7.99. The second-order valence-corrected chi connectivity index (χ2v) is 8.40. The molecule has 1 atom stereocenters.